The fourth-order valence-electron chi connectivity index (χ4n) is 9.85. The molecule has 0 bridgehead atoms. The zero-order chi connectivity index (χ0) is 40.0. The molecule has 0 spiro atoms. The first-order valence-corrected chi connectivity index (χ1v) is 20.8. The van der Waals surface area contributed by atoms with Crippen molar-refractivity contribution < 1.29 is 4.42 Å². The van der Waals surface area contributed by atoms with Crippen LogP contribution in [0.15, 0.2) is 211 Å². The predicted molar refractivity (Wildman–Crippen MR) is 251 cm³/mol. The lowest BCUT2D eigenvalue weighted by atomic mass is 9.82. The molecule has 0 radical (unpaired) electrons. The van der Waals surface area contributed by atoms with Gasteiger partial charge in [0.15, 0.2) is 0 Å². The van der Waals surface area contributed by atoms with Gasteiger partial charge in [0, 0.05) is 44.3 Å². The van der Waals surface area contributed by atoms with Crippen molar-refractivity contribution in [2.45, 2.75) is 19.3 Å². The van der Waals surface area contributed by atoms with E-state index in [-0.39, 0.29) is 5.41 Å². The maximum absolute atomic E-state index is 6.36. The van der Waals surface area contributed by atoms with Crippen LogP contribution in [-0.4, -0.2) is 4.57 Å². The van der Waals surface area contributed by atoms with Gasteiger partial charge in [0.1, 0.15) is 11.2 Å². The van der Waals surface area contributed by atoms with Gasteiger partial charge < -0.3 is 13.9 Å². The molecule has 2 heterocycles. The van der Waals surface area contributed by atoms with Crippen LogP contribution in [0.1, 0.15) is 25.0 Å². The SMILES string of the molecule is CC1(C)c2ccccc2-c2ccc(N(c3ccc(-c4ccccc4)cc3)c3ccc(-c4ccc(-n5c6ccccc6c6ccc7oc8ccccc8c7c65)cc4)cc3)cc21. The molecule has 11 aromatic rings. The van der Waals surface area contributed by atoms with E-state index in [1.54, 1.807) is 0 Å². The summed E-state index contributed by atoms with van der Waals surface area (Å²) in [5.74, 6) is 0. The molecule has 0 unspecified atom stereocenters. The topological polar surface area (TPSA) is 21.3 Å². The van der Waals surface area contributed by atoms with Crippen molar-refractivity contribution in [3.8, 4) is 39.1 Å². The highest BCUT2D eigenvalue weighted by Crippen LogP contribution is 2.51. The first-order valence-electron chi connectivity index (χ1n) is 20.8. The Morgan fingerprint density at radius 2 is 0.983 bits per heavy atom. The van der Waals surface area contributed by atoms with Crippen LogP contribution in [0.25, 0.3) is 82.8 Å². The maximum atomic E-state index is 6.36. The molecular formula is C57H40N2O. The summed E-state index contributed by atoms with van der Waals surface area (Å²) in [6.45, 7) is 4.70. The van der Waals surface area contributed by atoms with Crippen molar-refractivity contribution >= 4 is 60.8 Å². The van der Waals surface area contributed by atoms with Gasteiger partial charge in [-0.15, -0.1) is 0 Å². The molecule has 9 aromatic carbocycles. The summed E-state index contributed by atoms with van der Waals surface area (Å²) in [6.07, 6.45) is 0. The van der Waals surface area contributed by atoms with Gasteiger partial charge in [0.25, 0.3) is 0 Å². The van der Waals surface area contributed by atoms with Gasteiger partial charge in [0.2, 0.25) is 0 Å². The lowest BCUT2D eigenvalue weighted by Crippen LogP contribution is -2.16. The molecule has 0 atom stereocenters. The fraction of sp³-hybridized carbons (Fsp3) is 0.0526. The van der Waals surface area contributed by atoms with E-state index in [0.717, 1.165) is 44.7 Å². The summed E-state index contributed by atoms with van der Waals surface area (Å²) in [5, 5.41) is 4.73. The van der Waals surface area contributed by atoms with Crippen LogP contribution in [0.2, 0.25) is 0 Å². The average molecular weight is 769 g/mol. The van der Waals surface area contributed by atoms with E-state index < -0.39 is 0 Å². The molecule has 0 fully saturated rings. The Morgan fingerprint density at radius 1 is 0.417 bits per heavy atom. The van der Waals surface area contributed by atoms with Gasteiger partial charge >= 0.3 is 0 Å². The number of furan rings is 1. The van der Waals surface area contributed by atoms with Gasteiger partial charge in [-0.3, -0.25) is 0 Å². The molecule has 284 valence electrons. The Labute approximate surface area is 349 Å². The molecule has 1 aliphatic rings. The van der Waals surface area contributed by atoms with Crippen molar-refractivity contribution in [1.82, 2.24) is 4.57 Å². The third-order valence-electron chi connectivity index (χ3n) is 12.8. The van der Waals surface area contributed by atoms with Crippen LogP contribution in [0.4, 0.5) is 17.1 Å². The number of benzene rings is 9. The van der Waals surface area contributed by atoms with Crippen LogP contribution in [-0.2, 0) is 5.41 Å². The Bertz CT molecular complexity index is 3420. The minimum atomic E-state index is -0.0989. The third-order valence-corrected chi connectivity index (χ3v) is 12.8. The molecule has 1 aliphatic carbocycles. The van der Waals surface area contributed by atoms with Gasteiger partial charge in [0.05, 0.1) is 16.4 Å². The van der Waals surface area contributed by atoms with Gasteiger partial charge in [-0.2, -0.15) is 0 Å². The normalized spacial score (nSPS) is 13.0. The van der Waals surface area contributed by atoms with E-state index in [9.17, 15) is 0 Å². The number of hydrogen-bond donors (Lipinski definition) is 0. The smallest absolute Gasteiger partial charge is 0.137 e. The van der Waals surface area contributed by atoms with E-state index >= 15 is 0 Å². The number of para-hydroxylation sites is 2. The predicted octanol–water partition coefficient (Wildman–Crippen LogP) is 15.8. The van der Waals surface area contributed by atoms with Crippen molar-refractivity contribution in [3.05, 3.63) is 217 Å². The molecular weight excluding hydrogens is 729 g/mol. The second kappa shape index (κ2) is 13.2. The molecule has 2 aromatic heterocycles. The van der Waals surface area contributed by atoms with Gasteiger partial charge in [-0.1, -0.05) is 147 Å². The number of nitrogens with zero attached hydrogens (tertiary/aromatic N) is 2. The minimum absolute atomic E-state index is 0.0989. The zero-order valence-corrected chi connectivity index (χ0v) is 33.4. The van der Waals surface area contributed by atoms with Gasteiger partial charge in [-0.05, 0) is 117 Å². The number of aromatic nitrogens is 1. The van der Waals surface area contributed by atoms with Crippen LogP contribution >= 0.6 is 0 Å². The monoisotopic (exact) mass is 768 g/mol. The largest absolute Gasteiger partial charge is 0.456 e. The summed E-state index contributed by atoms with van der Waals surface area (Å²) in [7, 11) is 0. The number of fused-ring (bicyclic) bond motifs is 10. The first-order chi connectivity index (χ1) is 29.5. The minimum Gasteiger partial charge on any atom is -0.456 e. The van der Waals surface area contributed by atoms with E-state index in [1.165, 1.54) is 66.3 Å². The van der Waals surface area contributed by atoms with Crippen LogP contribution in [0.3, 0.4) is 0 Å². The highest BCUT2D eigenvalue weighted by Gasteiger charge is 2.35. The van der Waals surface area contributed by atoms with Gasteiger partial charge in [-0.25, -0.2) is 0 Å². The molecule has 0 saturated heterocycles. The Kier molecular flexibility index (Phi) is 7.58. The zero-order valence-electron chi connectivity index (χ0n) is 33.4. The van der Waals surface area contributed by atoms with E-state index in [2.05, 4.69) is 224 Å². The number of rotatable bonds is 6. The third kappa shape index (κ3) is 5.22. The highest BCUT2D eigenvalue weighted by atomic mass is 16.3. The molecule has 3 heteroatoms. The lowest BCUT2D eigenvalue weighted by Gasteiger charge is -2.28. The summed E-state index contributed by atoms with van der Waals surface area (Å²) in [4.78, 5) is 2.39. The van der Waals surface area contributed by atoms with Crippen molar-refractivity contribution in [1.29, 1.82) is 0 Å². The average Bonchev–Trinajstić information content (AvgIpc) is 3.93. The van der Waals surface area contributed by atoms with Crippen LogP contribution in [0.5, 0.6) is 0 Å². The molecule has 60 heavy (non-hydrogen) atoms. The summed E-state index contributed by atoms with van der Waals surface area (Å²) in [5.41, 5.74) is 18.7. The van der Waals surface area contributed by atoms with Crippen molar-refractivity contribution in [2.75, 3.05) is 4.90 Å². The Hall–Kier alpha value is -7.62. The second-order valence-corrected chi connectivity index (χ2v) is 16.5. The highest BCUT2D eigenvalue weighted by molar-refractivity contribution is 6.24. The van der Waals surface area contributed by atoms with E-state index in [0.29, 0.717) is 0 Å². The molecule has 0 saturated carbocycles. The molecule has 0 aliphatic heterocycles. The fourth-order valence-corrected chi connectivity index (χ4v) is 9.85. The summed E-state index contributed by atoms with van der Waals surface area (Å²) < 4.78 is 8.76. The Morgan fingerprint density at radius 3 is 1.72 bits per heavy atom. The van der Waals surface area contributed by atoms with Crippen molar-refractivity contribution in [3.63, 3.8) is 0 Å². The molecule has 12 rings (SSSR count). The summed E-state index contributed by atoms with van der Waals surface area (Å²) >= 11 is 0. The second-order valence-electron chi connectivity index (χ2n) is 16.5. The molecule has 0 N–H and O–H groups in total. The molecule has 0 amide bonds. The van der Waals surface area contributed by atoms with Crippen LogP contribution < -0.4 is 4.90 Å². The quantitative estimate of drug-likeness (QED) is 0.168. The number of anilines is 3. The lowest BCUT2D eigenvalue weighted by molar-refractivity contribution is 0.660. The first kappa shape index (κ1) is 34.4. The van der Waals surface area contributed by atoms with E-state index in [4.69, 9.17) is 4.42 Å². The van der Waals surface area contributed by atoms with Crippen LogP contribution in [0, 0.1) is 0 Å². The number of hydrogen-bond acceptors (Lipinski definition) is 2. The summed E-state index contributed by atoms with van der Waals surface area (Å²) in [6, 6.07) is 74.8. The Balaban J connectivity index is 0.937. The van der Waals surface area contributed by atoms with Crippen molar-refractivity contribution in [2.24, 2.45) is 0 Å². The maximum Gasteiger partial charge on any atom is 0.137 e. The standard InChI is InChI=1S/C57H40N2O/c1-57(2)50-17-9-6-14-45(50)46-33-32-44(36-51(46)57)58(41-26-20-38(21-27-41)37-12-4-3-5-13-37)42-28-22-39(23-29-42)40-24-30-43(31-25-40)59-52-18-10-7-15-47(52)48-34-35-54-55(56(48)59)49-16-8-11-19-53(49)60-54/h3-36H,1-2H3. The van der Waals surface area contributed by atoms with E-state index in [1.807, 2.05) is 6.07 Å². The molecule has 3 nitrogen and oxygen atoms in total.